The third-order valence-electron chi connectivity index (χ3n) is 0.744. The molecule has 8 heavy (non-hydrogen) atoms. The normalized spacial score (nSPS) is 8.25. The van der Waals surface area contributed by atoms with Gasteiger partial charge in [-0.15, -0.1) is 5.10 Å². The van der Waals surface area contributed by atoms with Crippen LogP contribution in [0.5, 0.6) is 0 Å². The average molecular weight is 116 g/mol. The fraction of sp³-hybridized carbons (Fsp3) is 0.750. The molecule has 0 aliphatic carbocycles. The fourth-order valence-electron chi connectivity index (χ4n) is 0.268. The molecule has 0 aliphatic heterocycles. The molecule has 0 heterocycles. The summed E-state index contributed by atoms with van der Waals surface area (Å²) < 4.78 is 0. The quantitative estimate of drug-likeness (QED) is 0.280. The van der Waals surface area contributed by atoms with Crippen molar-refractivity contribution < 1.29 is 0 Å². The van der Waals surface area contributed by atoms with Gasteiger partial charge >= 0.3 is 0 Å². The van der Waals surface area contributed by atoms with Crippen molar-refractivity contribution in [3.63, 3.8) is 0 Å². The molecule has 0 rings (SSSR count). The Morgan fingerprint density at radius 2 is 2.12 bits per heavy atom. The van der Waals surface area contributed by atoms with Crippen LogP contribution in [0.1, 0.15) is 6.92 Å². The van der Waals surface area contributed by atoms with Gasteiger partial charge < -0.3 is 11.5 Å². The number of guanidine groups is 1. The Morgan fingerprint density at radius 3 is 2.25 bits per heavy atom. The van der Waals surface area contributed by atoms with Gasteiger partial charge in [-0.3, -0.25) is 5.01 Å². The lowest BCUT2D eigenvalue weighted by atomic mass is 10.7. The van der Waals surface area contributed by atoms with Crippen molar-refractivity contribution in [2.24, 2.45) is 16.6 Å². The van der Waals surface area contributed by atoms with Gasteiger partial charge in [0.05, 0.1) is 0 Å². The van der Waals surface area contributed by atoms with E-state index in [1.807, 2.05) is 6.92 Å². The summed E-state index contributed by atoms with van der Waals surface area (Å²) >= 11 is 0. The molecule has 0 aliphatic rings. The molecule has 0 spiro atoms. The maximum atomic E-state index is 5.06. The van der Waals surface area contributed by atoms with Crippen molar-refractivity contribution in [1.29, 1.82) is 0 Å². The summed E-state index contributed by atoms with van der Waals surface area (Å²) in [6, 6.07) is 0. The van der Waals surface area contributed by atoms with Crippen LogP contribution >= 0.6 is 0 Å². The van der Waals surface area contributed by atoms with Crippen molar-refractivity contribution in [3.8, 4) is 0 Å². The van der Waals surface area contributed by atoms with Crippen LogP contribution < -0.4 is 11.5 Å². The third kappa shape index (κ3) is 3.27. The van der Waals surface area contributed by atoms with E-state index in [0.29, 0.717) is 0 Å². The fourth-order valence-corrected chi connectivity index (χ4v) is 0.268. The molecule has 0 radical (unpaired) electrons. The van der Waals surface area contributed by atoms with Crippen molar-refractivity contribution in [2.75, 3.05) is 13.6 Å². The zero-order valence-electron chi connectivity index (χ0n) is 5.26. The van der Waals surface area contributed by atoms with Crippen molar-refractivity contribution >= 4 is 5.96 Å². The molecule has 4 nitrogen and oxygen atoms in total. The molecule has 0 fully saturated rings. The van der Waals surface area contributed by atoms with Gasteiger partial charge in [-0.05, 0) is 6.92 Å². The van der Waals surface area contributed by atoms with Gasteiger partial charge in [-0.2, -0.15) is 0 Å². The molecule has 4 heteroatoms. The number of hydrogen-bond donors (Lipinski definition) is 2. The Balaban J connectivity index is 3.51. The number of hydrogen-bond acceptors (Lipinski definition) is 2. The second kappa shape index (κ2) is 3.12. The monoisotopic (exact) mass is 116 g/mol. The van der Waals surface area contributed by atoms with Crippen LogP contribution in [0.4, 0.5) is 0 Å². The highest BCUT2D eigenvalue weighted by molar-refractivity contribution is 5.75. The molecule has 0 unspecified atom stereocenters. The summed E-state index contributed by atoms with van der Waals surface area (Å²) in [6.45, 7) is 2.78. The van der Waals surface area contributed by atoms with Gasteiger partial charge in [-0.25, -0.2) is 0 Å². The van der Waals surface area contributed by atoms with Crippen molar-refractivity contribution in [2.45, 2.75) is 6.92 Å². The first-order valence-corrected chi connectivity index (χ1v) is 2.47. The number of hydrazone groups is 1. The van der Waals surface area contributed by atoms with E-state index in [-0.39, 0.29) is 5.96 Å². The zero-order valence-corrected chi connectivity index (χ0v) is 5.26. The second-order valence-corrected chi connectivity index (χ2v) is 1.50. The predicted molar refractivity (Wildman–Crippen MR) is 34.1 cm³/mol. The highest BCUT2D eigenvalue weighted by atomic mass is 15.5. The van der Waals surface area contributed by atoms with E-state index < -0.39 is 0 Å². The van der Waals surface area contributed by atoms with Crippen LogP contribution in [0.3, 0.4) is 0 Å². The molecular formula is C4H12N4. The maximum absolute atomic E-state index is 5.06. The maximum Gasteiger partial charge on any atom is 0.208 e. The lowest BCUT2D eigenvalue weighted by Gasteiger charge is -2.07. The van der Waals surface area contributed by atoms with Crippen LogP contribution in [0.25, 0.3) is 0 Å². The summed E-state index contributed by atoms with van der Waals surface area (Å²) in [5.41, 5.74) is 10.1. The van der Waals surface area contributed by atoms with Crippen molar-refractivity contribution in [3.05, 3.63) is 0 Å². The Morgan fingerprint density at radius 1 is 1.62 bits per heavy atom. The first-order chi connectivity index (χ1) is 3.66. The highest BCUT2D eigenvalue weighted by Crippen LogP contribution is 1.77. The Hall–Kier alpha value is -0.930. The van der Waals surface area contributed by atoms with Crippen LogP contribution in [0, 0.1) is 0 Å². The van der Waals surface area contributed by atoms with Crippen LogP contribution in [-0.4, -0.2) is 24.6 Å². The SMILES string of the molecule is CCN(C)N=C(N)N. The summed E-state index contributed by atoms with van der Waals surface area (Å²) in [4.78, 5) is 0. The molecule has 0 aromatic heterocycles. The summed E-state index contributed by atoms with van der Waals surface area (Å²) in [5.74, 6) is 0.106. The summed E-state index contributed by atoms with van der Waals surface area (Å²) in [7, 11) is 1.81. The van der Waals surface area contributed by atoms with Gasteiger partial charge in [0.1, 0.15) is 0 Å². The van der Waals surface area contributed by atoms with Gasteiger partial charge in [0.25, 0.3) is 0 Å². The lowest BCUT2D eigenvalue weighted by molar-refractivity contribution is 0.374. The van der Waals surface area contributed by atoms with Gasteiger partial charge in [0, 0.05) is 13.6 Å². The molecule has 4 N–H and O–H groups in total. The molecule has 0 saturated heterocycles. The van der Waals surface area contributed by atoms with E-state index in [1.54, 1.807) is 12.1 Å². The molecule has 0 bridgehead atoms. The van der Waals surface area contributed by atoms with E-state index in [9.17, 15) is 0 Å². The average Bonchev–Trinajstić information content (AvgIpc) is 1.65. The summed E-state index contributed by atoms with van der Waals surface area (Å²) in [6.07, 6.45) is 0. The van der Waals surface area contributed by atoms with E-state index in [1.165, 1.54) is 0 Å². The lowest BCUT2D eigenvalue weighted by Crippen LogP contribution is -2.27. The van der Waals surface area contributed by atoms with E-state index in [4.69, 9.17) is 11.5 Å². The minimum absolute atomic E-state index is 0.106. The van der Waals surface area contributed by atoms with E-state index >= 15 is 0 Å². The molecule has 0 aromatic carbocycles. The molecule has 0 amide bonds. The molecule has 0 saturated carbocycles. The Labute approximate surface area is 49.1 Å². The first-order valence-electron chi connectivity index (χ1n) is 2.47. The zero-order chi connectivity index (χ0) is 6.57. The van der Waals surface area contributed by atoms with Crippen LogP contribution in [-0.2, 0) is 0 Å². The number of nitrogens with two attached hydrogens (primary N) is 2. The molecule has 0 atom stereocenters. The van der Waals surface area contributed by atoms with Gasteiger partial charge in [-0.1, -0.05) is 0 Å². The van der Waals surface area contributed by atoms with Crippen LogP contribution in [0.15, 0.2) is 5.10 Å². The minimum Gasteiger partial charge on any atom is -0.369 e. The largest absolute Gasteiger partial charge is 0.369 e. The molecule has 0 aromatic rings. The molecule has 48 valence electrons. The smallest absolute Gasteiger partial charge is 0.208 e. The Bertz CT molecular complexity index is 84.0. The third-order valence-corrected chi connectivity index (χ3v) is 0.744. The van der Waals surface area contributed by atoms with Gasteiger partial charge in [0.15, 0.2) is 0 Å². The molecular weight excluding hydrogens is 104 g/mol. The van der Waals surface area contributed by atoms with E-state index in [2.05, 4.69) is 5.10 Å². The minimum atomic E-state index is 0.106. The topological polar surface area (TPSA) is 67.6 Å². The predicted octanol–water partition coefficient (Wildman–Crippen LogP) is -0.873. The standard InChI is InChI=1S/C4H12N4/c1-3-8(2)7-4(5)6/h3H2,1-2H3,(H4,5,6,7). The number of rotatable bonds is 2. The van der Waals surface area contributed by atoms with Gasteiger partial charge in [0.2, 0.25) is 5.96 Å². The first kappa shape index (κ1) is 7.07. The highest BCUT2D eigenvalue weighted by Gasteiger charge is 1.84. The Kier molecular flexibility index (Phi) is 2.76. The second-order valence-electron chi connectivity index (χ2n) is 1.50. The summed E-state index contributed by atoms with van der Waals surface area (Å²) in [5, 5.41) is 5.36. The van der Waals surface area contributed by atoms with E-state index in [0.717, 1.165) is 6.54 Å². The van der Waals surface area contributed by atoms with Crippen LogP contribution in [0.2, 0.25) is 0 Å². The number of nitrogens with zero attached hydrogens (tertiary/aromatic N) is 2. The van der Waals surface area contributed by atoms with Crippen molar-refractivity contribution in [1.82, 2.24) is 5.01 Å².